The molecule has 1 atom stereocenters. The van der Waals surface area contributed by atoms with Crippen LogP contribution in [0.25, 0.3) is 11.3 Å². The summed E-state index contributed by atoms with van der Waals surface area (Å²) in [7, 11) is 1.70. The molecule has 0 radical (unpaired) electrons. The molecule has 3 aromatic rings. The minimum atomic E-state index is -0.636. The molecular formula is C19H19ClN4O3. The van der Waals surface area contributed by atoms with Gasteiger partial charge in [-0.2, -0.15) is 5.10 Å². The van der Waals surface area contributed by atoms with Crippen LogP contribution >= 0.6 is 11.6 Å². The Kier molecular flexibility index (Phi) is 5.32. The molecule has 0 aliphatic rings. The second kappa shape index (κ2) is 7.67. The van der Waals surface area contributed by atoms with Crippen molar-refractivity contribution < 1.29 is 14.6 Å². The molecule has 7 nitrogen and oxygen atoms in total. The number of ether oxygens (including phenoxy) is 1. The van der Waals surface area contributed by atoms with Gasteiger partial charge >= 0.3 is 6.09 Å². The third-order valence-electron chi connectivity index (χ3n) is 4.12. The summed E-state index contributed by atoms with van der Waals surface area (Å²) in [6, 6.07) is 10.4. The number of benzene rings is 1. The van der Waals surface area contributed by atoms with Crippen molar-refractivity contribution in [1.29, 1.82) is 0 Å². The van der Waals surface area contributed by atoms with Crippen molar-refractivity contribution in [3.8, 4) is 17.0 Å². The van der Waals surface area contributed by atoms with E-state index in [1.807, 2.05) is 12.1 Å². The fraction of sp³-hybridized carbons (Fsp3) is 0.211. The topological polar surface area (TPSA) is 89.3 Å². The molecule has 0 unspecified atom stereocenters. The summed E-state index contributed by atoms with van der Waals surface area (Å²) in [6.07, 6.45) is 0.429. The van der Waals surface area contributed by atoms with Gasteiger partial charge in [-0.3, -0.25) is 10.00 Å². The highest BCUT2D eigenvalue weighted by Crippen LogP contribution is 2.29. The Balaban J connectivity index is 1.79. The first kappa shape index (κ1) is 18.7. The Morgan fingerprint density at radius 3 is 2.74 bits per heavy atom. The molecule has 8 heteroatoms. The van der Waals surface area contributed by atoms with Crippen LogP contribution in [-0.2, 0) is 11.8 Å². The van der Waals surface area contributed by atoms with Crippen molar-refractivity contribution in [1.82, 2.24) is 14.8 Å². The van der Waals surface area contributed by atoms with E-state index in [9.17, 15) is 9.90 Å². The molecule has 0 saturated carbocycles. The number of aryl methyl sites for hydroxylation is 2. The molecule has 1 amide bonds. The molecule has 0 aliphatic heterocycles. The molecule has 0 saturated heterocycles. The summed E-state index contributed by atoms with van der Waals surface area (Å²) in [5, 5.41) is 17.1. The van der Waals surface area contributed by atoms with Crippen LogP contribution in [0.5, 0.6) is 5.75 Å². The fourth-order valence-electron chi connectivity index (χ4n) is 2.63. The summed E-state index contributed by atoms with van der Waals surface area (Å²) in [5.74, 6) is 0.536. The Morgan fingerprint density at radius 1 is 1.30 bits per heavy atom. The van der Waals surface area contributed by atoms with Crippen LogP contribution in [0, 0.1) is 6.92 Å². The van der Waals surface area contributed by atoms with Gasteiger partial charge in [-0.05, 0) is 32.0 Å². The van der Waals surface area contributed by atoms with Gasteiger partial charge in [-0.15, -0.1) is 0 Å². The van der Waals surface area contributed by atoms with Crippen LogP contribution < -0.4 is 5.32 Å². The van der Waals surface area contributed by atoms with Gasteiger partial charge in [0.25, 0.3) is 0 Å². The number of anilines is 1. The summed E-state index contributed by atoms with van der Waals surface area (Å²) in [6.45, 7) is 3.44. The summed E-state index contributed by atoms with van der Waals surface area (Å²) in [5.41, 5.74) is 2.39. The maximum Gasteiger partial charge on any atom is 0.413 e. The average Bonchev–Trinajstić information content (AvgIpc) is 2.98. The van der Waals surface area contributed by atoms with Crippen LogP contribution in [0.1, 0.15) is 24.3 Å². The lowest BCUT2D eigenvalue weighted by Gasteiger charge is -2.16. The number of aromatic hydroxyl groups is 1. The van der Waals surface area contributed by atoms with E-state index in [1.165, 1.54) is 4.68 Å². The minimum absolute atomic E-state index is 0.102. The summed E-state index contributed by atoms with van der Waals surface area (Å²) < 4.78 is 6.96. The molecule has 140 valence electrons. The molecule has 2 aromatic heterocycles. The van der Waals surface area contributed by atoms with Crippen LogP contribution in [0.4, 0.5) is 10.6 Å². The van der Waals surface area contributed by atoms with E-state index < -0.39 is 12.2 Å². The number of aromatic nitrogens is 3. The van der Waals surface area contributed by atoms with Gasteiger partial charge in [0.2, 0.25) is 0 Å². The van der Waals surface area contributed by atoms with Gasteiger partial charge in [-0.25, -0.2) is 9.78 Å². The van der Waals surface area contributed by atoms with Crippen LogP contribution in [-0.4, -0.2) is 26.0 Å². The number of pyridine rings is 1. The number of hydrogen-bond acceptors (Lipinski definition) is 5. The zero-order chi connectivity index (χ0) is 19.6. The second-order valence-corrected chi connectivity index (χ2v) is 6.43. The Hall–Kier alpha value is -3.06. The average molecular weight is 387 g/mol. The zero-order valence-corrected chi connectivity index (χ0v) is 15.9. The quantitative estimate of drug-likeness (QED) is 0.691. The van der Waals surface area contributed by atoms with Crippen molar-refractivity contribution in [3.05, 3.63) is 58.9 Å². The zero-order valence-electron chi connectivity index (χ0n) is 15.1. The second-order valence-electron chi connectivity index (χ2n) is 6.03. The molecule has 2 N–H and O–H groups in total. The molecule has 0 aliphatic carbocycles. The Bertz CT molecular complexity index is 987. The van der Waals surface area contributed by atoms with E-state index in [0.717, 1.165) is 5.56 Å². The molecule has 1 aromatic carbocycles. The van der Waals surface area contributed by atoms with Gasteiger partial charge in [0.1, 0.15) is 17.7 Å². The minimum Gasteiger partial charge on any atom is -0.506 e. The van der Waals surface area contributed by atoms with Gasteiger partial charge < -0.3 is 9.84 Å². The third kappa shape index (κ3) is 4.03. The predicted octanol–water partition coefficient (Wildman–Crippen LogP) is 4.46. The number of nitrogens with one attached hydrogen (secondary N) is 1. The lowest BCUT2D eigenvalue weighted by molar-refractivity contribution is 0.121. The number of nitrogens with zero attached hydrogens (tertiary/aromatic N) is 3. The molecule has 2 heterocycles. The first-order valence-electron chi connectivity index (χ1n) is 8.28. The third-order valence-corrected chi connectivity index (χ3v) is 4.46. The van der Waals surface area contributed by atoms with Crippen LogP contribution in [0.15, 0.2) is 42.6 Å². The van der Waals surface area contributed by atoms with E-state index in [1.54, 1.807) is 51.4 Å². The fourth-order valence-corrected chi connectivity index (χ4v) is 2.92. The Morgan fingerprint density at radius 2 is 2.04 bits per heavy atom. The summed E-state index contributed by atoms with van der Waals surface area (Å²) in [4.78, 5) is 16.7. The summed E-state index contributed by atoms with van der Waals surface area (Å²) >= 11 is 6.15. The van der Waals surface area contributed by atoms with E-state index >= 15 is 0 Å². The van der Waals surface area contributed by atoms with Crippen molar-refractivity contribution in [2.24, 2.45) is 7.05 Å². The number of halogens is 1. The highest BCUT2D eigenvalue weighted by molar-refractivity contribution is 6.31. The monoisotopic (exact) mass is 386 g/mol. The predicted molar refractivity (Wildman–Crippen MR) is 103 cm³/mol. The number of hydrogen-bond donors (Lipinski definition) is 2. The molecular weight excluding hydrogens is 368 g/mol. The smallest absolute Gasteiger partial charge is 0.413 e. The van der Waals surface area contributed by atoms with Crippen molar-refractivity contribution >= 4 is 23.5 Å². The highest BCUT2D eigenvalue weighted by Gasteiger charge is 2.19. The molecule has 0 bridgehead atoms. The normalized spacial score (nSPS) is 11.9. The van der Waals surface area contributed by atoms with Gasteiger partial charge in [0, 0.05) is 17.6 Å². The molecule has 0 spiro atoms. The first-order chi connectivity index (χ1) is 12.9. The van der Waals surface area contributed by atoms with Crippen molar-refractivity contribution in [2.45, 2.75) is 20.0 Å². The van der Waals surface area contributed by atoms with Gasteiger partial charge in [0.05, 0.1) is 23.1 Å². The van der Waals surface area contributed by atoms with Gasteiger partial charge in [-0.1, -0.05) is 29.8 Å². The lowest BCUT2D eigenvalue weighted by atomic mass is 10.1. The van der Waals surface area contributed by atoms with Crippen molar-refractivity contribution in [3.63, 3.8) is 0 Å². The lowest BCUT2D eigenvalue weighted by Crippen LogP contribution is -2.18. The number of carbonyl (C=O) groups excluding carboxylic acids is 1. The van der Waals surface area contributed by atoms with Crippen LogP contribution in [0.3, 0.4) is 0 Å². The SMILES string of the molecule is Cc1nc(-c2cnn(C)c2NC(=O)O[C@H](C)c2ccccc2Cl)ccc1O. The van der Waals surface area contributed by atoms with Crippen molar-refractivity contribution in [2.75, 3.05) is 5.32 Å². The van der Waals surface area contributed by atoms with Crippen LogP contribution in [0.2, 0.25) is 5.02 Å². The number of amides is 1. The van der Waals surface area contributed by atoms with E-state index in [-0.39, 0.29) is 5.75 Å². The standard InChI is InChI=1S/C19H19ClN4O3/c1-11-17(25)9-8-16(22-11)14-10-21-24(3)18(14)23-19(26)27-12(2)13-6-4-5-7-15(13)20/h4-10,12,25H,1-3H3,(H,23,26)/t12-/m1/s1. The molecule has 3 rings (SSSR count). The van der Waals surface area contributed by atoms with E-state index in [2.05, 4.69) is 15.4 Å². The maximum absolute atomic E-state index is 12.4. The molecule has 0 fully saturated rings. The maximum atomic E-state index is 12.4. The number of rotatable bonds is 4. The van der Waals surface area contributed by atoms with E-state index in [0.29, 0.717) is 27.8 Å². The van der Waals surface area contributed by atoms with E-state index in [4.69, 9.17) is 16.3 Å². The highest BCUT2D eigenvalue weighted by atomic mass is 35.5. The molecule has 27 heavy (non-hydrogen) atoms. The Labute approximate surface area is 161 Å². The first-order valence-corrected chi connectivity index (χ1v) is 8.65. The largest absolute Gasteiger partial charge is 0.506 e. The number of carbonyl (C=O) groups is 1. The van der Waals surface area contributed by atoms with Gasteiger partial charge in [0.15, 0.2) is 0 Å².